The summed E-state index contributed by atoms with van der Waals surface area (Å²) < 4.78 is 1.87. The van der Waals surface area contributed by atoms with Gasteiger partial charge in [-0.15, -0.1) is 0 Å². The SMILES string of the molecule is CNCCc1c(C)n(-c2ccc(C)c(C)c2)[nH]c1=O. The molecule has 0 aliphatic heterocycles. The van der Waals surface area contributed by atoms with Gasteiger partial charge in [-0.3, -0.25) is 14.6 Å². The van der Waals surface area contributed by atoms with Gasteiger partial charge in [-0.1, -0.05) is 6.07 Å². The lowest BCUT2D eigenvalue weighted by Crippen LogP contribution is -2.15. The summed E-state index contributed by atoms with van der Waals surface area (Å²) in [7, 11) is 1.89. The van der Waals surface area contributed by atoms with Crippen molar-refractivity contribution in [1.82, 2.24) is 15.1 Å². The van der Waals surface area contributed by atoms with E-state index in [1.54, 1.807) is 0 Å². The smallest absolute Gasteiger partial charge is 0.267 e. The third-order valence-electron chi connectivity index (χ3n) is 3.63. The van der Waals surface area contributed by atoms with Crippen LogP contribution < -0.4 is 10.9 Å². The topological polar surface area (TPSA) is 49.8 Å². The Balaban J connectivity index is 2.45. The third-order valence-corrected chi connectivity index (χ3v) is 3.63. The van der Waals surface area contributed by atoms with Gasteiger partial charge in [0.25, 0.3) is 5.56 Å². The summed E-state index contributed by atoms with van der Waals surface area (Å²) in [6, 6.07) is 6.21. The number of rotatable bonds is 4. The average Bonchev–Trinajstić information content (AvgIpc) is 2.66. The molecular weight excluding hydrogens is 238 g/mol. The lowest BCUT2D eigenvalue weighted by atomic mass is 10.1. The van der Waals surface area contributed by atoms with E-state index >= 15 is 0 Å². The number of nitrogens with zero attached hydrogens (tertiary/aromatic N) is 1. The van der Waals surface area contributed by atoms with Crippen LogP contribution in [0.25, 0.3) is 5.69 Å². The highest BCUT2D eigenvalue weighted by atomic mass is 16.1. The second-order valence-electron chi connectivity index (χ2n) is 4.96. The summed E-state index contributed by atoms with van der Waals surface area (Å²) in [6.07, 6.45) is 0.746. The zero-order valence-corrected chi connectivity index (χ0v) is 12.0. The van der Waals surface area contributed by atoms with Crippen LogP contribution in [0.5, 0.6) is 0 Å². The molecule has 0 fully saturated rings. The molecule has 1 aromatic heterocycles. The number of aryl methyl sites for hydroxylation is 2. The maximum absolute atomic E-state index is 12.0. The molecule has 1 heterocycles. The summed E-state index contributed by atoms with van der Waals surface area (Å²) in [4.78, 5) is 12.0. The van der Waals surface area contributed by atoms with E-state index in [1.807, 2.05) is 24.7 Å². The summed E-state index contributed by atoms with van der Waals surface area (Å²) in [6.45, 7) is 6.96. The van der Waals surface area contributed by atoms with Gasteiger partial charge in [-0.25, -0.2) is 0 Å². The average molecular weight is 259 g/mol. The summed E-state index contributed by atoms with van der Waals surface area (Å²) in [5.74, 6) is 0. The van der Waals surface area contributed by atoms with Crippen LogP contribution in [0.15, 0.2) is 23.0 Å². The standard InChI is InChI=1S/C15H21N3O/c1-10-5-6-13(9-11(10)2)18-12(3)14(7-8-16-4)15(19)17-18/h5-6,9,16H,7-8H2,1-4H3,(H,17,19). The summed E-state index contributed by atoms with van der Waals surface area (Å²) in [5, 5.41) is 5.99. The van der Waals surface area contributed by atoms with Gasteiger partial charge in [0.15, 0.2) is 0 Å². The lowest BCUT2D eigenvalue weighted by molar-refractivity contribution is 0.783. The molecule has 2 rings (SSSR count). The maximum Gasteiger partial charge on any atom is 0.267 e. The van der Waals surface area contributed by atoms with Crippen LogP contribution >= 0.6 is 0 Å². The largest absolute Gasteiger partial charge is 0.319 e. The number of benzene rings is 1. The molecule has 0 spiro atoms. The molecule has 0 aliphatic rings. The molecule has 2 aromatic rings. The Hall–Kier alpha value is -1.81. The van der Waals surface area contributed by atoms with E-state index in [0.29, 0.717) is 0 Å². The first kappa shape index (κ1) is 13.6. The molecule has 0 saturated heterocycles. The van der Waals surface area contributed by atoms with E-state index in [1.165, 1.54) is 11.1 Å². The Morgan fingerprint density at radius 3 is 2.58 bits per heavy atom. The number of aromatic amines is 1. The highest BCUT2D eigenvalue weighted by Gasteiger charge is 2.11. The minimum Gasteiger partial charge on any atom is -0.319 e. The molecule has 4 heteroatoms. The molecule has 4 nitrogen and oxygen atoms in total. The molecule has 0 unspecified atom stereocenters. The summed E-state index contributed by atoms with van der Waals surface area (Å²) in [5.41, 5.74) is 5.34. The predicted octanol–water partition coefficient (Wildman–Crippen LogP) is 1.85. The zero-order chi connectivity index (χ0) is 14.0. The van der Waals surface area contributed by atoms with Gasteiger partial charge >= 0.3 is 0 Å². The quantitative estimate of drug-likeness (QED) is 0.880. The summed E-state index contributed by atoms with van der Waals surface area (Å²) >= 11 is 0. The first-order valence-electron chi connectivity index (χ1n) is 6.57. The van der Waals surface area contributed by atoms with Crippen LogP contribution in [0.1, 0.15) is 22.4 Å². The van der Waals surface area contributed by atoms with Gasteiger partial charge in [0.2, 0.25) is 0 Å². The predicted molar refractivity (Wildman–Crippen MR) is 78.2 cm³/mol. The molecule has 0 bridgehead atoms. The minimum atomic E-state index is 0.00554. The Bertz CT molecular complexity index is 637. The third kappa shape index (κ3) is 2.63. The molecule has 2 N–H and O–H groups in total. The fraction of sp³-hybridized carbons (Fsp3) is 0.400. The molecule has 0 saturated carbocycles. The molecule has 0 atom stereocenters. The van der Waals surface area contributed by atoms with E-state index in [2.05, 4.69) is 36.4 Å². The van der Waals surface area contributed by atoms with Gasteiger partial charge in [-0.05, 0) is 64.0 Å². The highest BCUT2D eigenvalue weighted by molar-refractivity contribution is 5.41. The number of nitrogens with one attached hydrogen (secondary N) is 2. The van der Waals surface area contributed by atoms with Gasteiger partial charge in [0.1, 0.15) is 0 Å². The van der Waals surface area contributed by atoms with Crippen molar-refractivity contribution in [2.24, 2.45) is 0 Å². The second-order valence-corrected chi connectivity index (χ2v) is 4.96. The van der Waals surface area contributed by atoms with Gasteiger partial charge in [0, 0.05) is 11.3 Å². The van der Waals surface area contributed by atoms with Crippen molar-refractivity contribution < 1.29 is 0 Å². The van der Waals surface area contributed by atoms with Crippen molar-refractivity contribution in [3.05, 3.63) is 50.9 Å². The van der Waals surface area contributed by atoms with Crippen molar-refractivity contribution in [2.75, 3.05) is 13.6 Å². The molecular formula is C15H21N3O. The van der Waals surface area contributed by atoms with Crippen LogP contribution in [0.4, 0.5) is 0 Å². The Labute approximate surface area is 113 Å². The van der Waals surface area contributed by atoms with Gasteiger partial charge in [0.05, 0.1) is 5.69 Å². The van der Waals surface area contributed by atoms with E-state index in [-0.39, 0.29) is 5.56 Å². The molecule has 0 aliphatic carbocycles. The Morgan fingerprint density at radius 2 is 1.95 bits per heavy atom. The van der Waals surface area contributed by atoms with Crippen LogP contribution in [0, 0.1) is 20.8 Å². The minimum absolute atomic E-state index is 0.00554. The maximum atomic E-state index is 12.0. The van der Waals surface area contributed by atoms with Crippen LogP contribution in [-0.4, -0.2) is 23.4 Å². The van der Waals surface area contributed by atoms with Crippen LogP contribution in [0.3, 0.4) is 0 Å². The Kier molecular flexibility index (Phi) is 3.90. The zero-order valence-electron chi connectivity index (χ0n) is 12.0. The normalized spacial score (nSPS) is 10.9. The number of H-pyrrole nitrogens is 1. The first-order valence-corrected chi connectivity index (χ1v) is 6.57. The molecule has 0 radical (unpaired) electrons. The van der Waals surface area contributed by atoms with Crippen molar-refractivity contribution in [2.45, 2.75) is 27.2 Å². The molecule has 102 valence electrons. The van der Waals surface area contributed by atoms with Gasteiger partial charge in [-0.2, -0.15) is 0 Å². The molecule has 19 heavy (non-hydrogen) atoms. The number of likely N-dealkylation sites (N-methyl/N-ethyl adjacent to an activating group) is 1. The van der Waals surface area contributed by atoms with Crippen LogP contribution in [0.2, 0.25) is 0 Å². The van der Waals surface area contributed by atoms with Crippen LogP contribution in [-0.2, 0) is 6.42 Å². The fourth-order valence-electron chi connectivity index (χ4n) is 2.22. The van der Waals surface area contributed by atoms with Gasteiger partial charge < -0.3 is 5.32 Å². The van der Waals surface area contributed by atoms with Crippen molar-refractivity contribution >= 4 is 0 Å². The fourth-order valence-corrected chi connectivity index (χ4v) is 2.22. The van der Waals surface area contributed by atoms with E-state index in [4.69, 9.17) is 0 Å². The van der Waals surface area contributed by atoms with E-state index in [9.17, 15) is 4.79 Å². The first-order chi connectivity index (χ1) is 9.04. The molecule has 1 aromatic carbocycles. The van der Waals surface area contributed by atoms with Crippen molar-refractivity contribution in [3.63, 3.8) is 0 Å². The van der Waals surface area contributed by atoms with Crippen molar-refractivity contribution in [3.8, 4) is 5.69 Å². The number of hydrogen-bond donors (Lipinski definition) is 2. The second kappa shape index (κ2) is 5.45. The highest BCUT2D eigenvalue weighted by Crippen LogP contribution is 2.15. The van der Waals surface area contributed by atoms with E-state index in [0.717, 1.165) is 29.9 Å². The monoisotopic (exact) mass is 259 g/mol. The Morgan fingerprint density at radius 1 is 1.21 bits per heavy atom. The van der Waals surface area contributed by atoms with E-state index < -0.39 is 0 Å². The number of hydrogen-bond acceptors (Lipinski definition) is 2. The molecule has 0 amide bonds. The van der Waals surface area contributed by atoms with Crippen molar-refractivity contribution in [1.29, 1.82) is 0 Å². The number of aromatic nitrogens is 2. The lowest BCUT2D eigenvalue weighted by Gasteiger charge is -2.08.